The molecular weight excluding hydrogens is 292 g/mol. The fourth-order valence-electron chi connectivity index (χ4n) is 3.35. The van der Waals surface area contributed by atoms with Crippen LogP contribution in [-0.4, -0.2) is 55.9 Å². The highest BCUT2D eigenvalue weighted by Crippen LogP contribution is 2.40. The van der Waals surface area contributed by atoms with Crippen LogP contribution in [0.3, 0.4) is 0 Å². The van der Waals surface area contributed by atoms with Gasteiger partial charge in [0.05, 0.1) is 23.9 Å². The monoisotopic (exact) mass is 314 g/mol. The standard InChI is InChI=1S/C16H22N6O/c1-20(2)15(23)16(14-10-17-6-7-19-14)5-4-8-22(16)11-13-9-18-12-21(13)3/h6-7,9-10,12H,4-5,8,11H2,1-3H3/t16-/m1/s1. The highest BCUT2D eigenvalue weighted by Gasteiger charge is 2.51. The van der Waals surface area contributed by atoms with Crippen LogP contribution in [0.4, 0.5) is 0 Å². The molecule has 2 aromatic heterocycles. The third-order valence-corrected chi connectivity index (χ3v) is 4.52. The van der Waals surface area contributed by atoms with Gasteiger partial charge in [-0.05, 0) is 12.8 Å². The quantitative estimate of drug-likeness (QED) is 0.835. The molecule has 0 unspecified atom stereocenters. The first-order valence-corrected chi connectivity index (χ1v) is 7.74. The van der Waals surface area contributed by atoms with E-state index in [-0.39, 0.29) is 5.91 Å². The fourth-order valence-corrected chi connectivity index (χ4v) is 3.35. The second-order valence-electron chi connectivity index (χ2n) is 6.17. The molecule has 0 aliphatic carbocycles. The Labute approximate surface area is 136 Å². The van der Waals surface area contributed by atoms with Gasteiger partial charge in [-0.1, -0.05) is 0 Å². The molecule has 1 saturated heterocycles. The van der Waals surface area contributed by atoms with Gasteiger partial charge in [-0.25, -0.2) is 4.98 Å². The molecule has 7 nitrogen and oxygen atoms in total. The lowest BCUT2D eigenvalue weighted by Gasteiger charge is -2.38. The second-order valence-corrected chi connectivity index (χ2v) is 6.17. The summed E-state index contributed by atoms with van der Waals surface area (Å²) in [5.41, 5.74) is 1.05. The van der Waals surface area contributed by atoms with E-state index in [1.807, 2.05) is 17.8 Å². The zero-order valence-corrected chi connectivity index (χ0v) is 13.8. The fraction of sp³-hybridized carbons (Fsp3) is 0.500. The summed E-state index contributed by atoms with van der Waals surface area (Å²) >= 11 is 0. The number of hydrogen-bond acceptors (Lipinski definition) is 5. The molecule has 1 atom stereocenters. The summed E-state index contributed by atoms with van der Waals surface area (Å²) in [7, 11) is 5.55. The molecule has 0 saturated carbocycles. The van der Waals surface area contributed by atoms with Crippen molar-refractivity contribution in [2.45, 2.75) is 24.9 Å². The lowest BCUT2D eigenvalue weighted by atomic mass is 9.90. The lowest BCUT2D eigenvalue weighted by molar-refractivity contribution is -0.141. The van der Waals surface area contributed by atoms with Crippen LogP contribution in [0, 0.1) is 0 Å². The van der Waals surface area contributed by atoms with Crippen LogP contribution in [-0.2, 0) is 23.9 Å². The van der Waals surface area contributed by atoms with Crippen LogP contribution >= 0.6 is 0 Å². The Kier molecular flexibility index (Phi) is 4.12. The van der Waals surface area contributed by atoms with Gasteiger partial charge >= 0.3 is 0 Å². The molecule has 0 radical (unpaired) electrons. The smallest absolute Gasteiger partial charge is 0.248 e. The molecule has 23 heavy (non-hydrogen) atoms. The number of amides is 1. The van der Waals surface area contributed by atoms with Gasteiger partial charge in [-0.2, -0.15) is 0 Å². The molecule has 1 amide bonds. The Morgan fingerprint density at radius 1 is 1.30 bits per heavy atom. The topological polar surface area (TPSA) is 67.2 Å². The zero-order valence-electron chi connectivity index (χ0n) is 13.8. The SMILES string of the molecule is CN(C)C(=O)[C@]1(c2cnccn2)CCCN1Cc1cncn1C. The highest BCUT2D eigenvalue weighted by atomic mass is 16.2. The van der Waals surface area contributed by atoms with E-state index in [9.17, 15) is 4.79 Å². The Morgan fingerprint density at radius 3 is 2.74 bits per heavy atom. The summed E-state index contributed by atoms with van der Waals surface area (Å²) in [6, 6.07) is 0. The first kappa shape index (κ1) is 15.6. The molecule has 3 heterocycles. The predicted octanol–water partition coefficient (Wildman–Crippen LogP) is 0.790. The van der Waals surface area contributed by atoms with Gasteiger partial charge in [0.1, 0.15) is 5.54 Å². The summed E-state index contributed by atoms with van der Waals surface area (Å²) in [6.07, 6.45) is 10.3. The number of aryl methyl sites for hydroxylation is 1. The van der Waals surface area contributed by atoms with E-state index in [2.05, 4.69) is 19.9 Å². The van der Waals surface area contributed by atoms with Crippen LogP contribution in [0.2, 0.25) is 0 Å². The maximum absolute atomic E-state index is 13.1. The molecule has 2 aromatic rings. The van der Waals surface area contributed by atoms with Gasteiger partial charge < -0.3 is 9.47 Å². The van der Waals surface area contributed by atoms with E-state index in [1.165, 1.54) is 0 Å². The predicted molar refractivity (Wildman–Crippen MR) is 85.3 cm³/mol. The summed E-state index contributed by atoms with van der Waals surface area (Å²) in [5.74, 6) is 0.0534. The van der Waals surface area contributed by atoms with Gasteiger partial charge in [0.25, 0.3) is 0 Å². The maximum atomic E-state index is 13.1. The first-order chi connectivity index (χ1) is 11.1. The highest BCUT2D eigenvalue weighted by molar-refractivity contribution is 5.87. The third-order valence-electron chi connectivity index (χ3n) is 4.52. The van der Waals surface area contributed by atoms with Crippen molar-refractivity contribution in [3.8, 4) is 0 Å². The van der Waals surface area contributed by atoms with Crippen molar-refractivity contribution in [1.82, 2.24) is 29.3 Å². The number of imidazole rings is 1. The van der Waals surface area contributed by atoms with E-state index in [1.54, 1.807) is 43.9 Å². The minimum absolute atomic E-state index is 0.0534. The molecule has 3 rings (SSSR count). The number of carbonyl (C=O) groups excluding carboxylic acids is 1. The largest absolute Gasteiger partial charge is 0.347 e. The van der Waals surface area contributed by atoms with Crippen molar-refractivity contribution in [3.63, 3.8) is 0 Å². The summed E-state index contributed by atoms with van der Waals surface area (Å²) in [5, 5.41) is 0. The number of hydrogen-bond donors (Lipinski definition) is 0. The molecule has 0 spiro atoms. The van der Waals surface area contributed by atoms with Crippen molar-refractivity contribution >= 4 is 5.91 Å². The molecule has 1 aliphatic heterocycles. The Bertz CT molecular complexity index is 683. The van der Waals surface area contributed by atoms with E-state index in [0.29, 0.717) is 6.54 Å². The van der Waals surface area contributed by atoms with E-state index in [4.69, 9.17) is 0 Å². The van der Waals surface area contributed by atoms with Gasteiger partial charge in [0.15, 0.2) is 0 Å². The Morgan fingerprint density at radius 2 is 2.13 bits per heavy atom. The Hall–Kier alpha value is -2.28. The molecule has 7 heteroatoms. The van der Waals surface area contributed by atoms with E-state index >= 15 is 0 Å². The van der Waals surface area contributed by atoms with Crippen LogP contribution < -0.4 is 0 Å². The minimum atomic E-state index is -0.748. The van der Waals surface area contributed by atoms with E-state index < -0.39 is 5.54 Å². The van der Waals surface area contributed by atoms with Crippen molar-refractivity contribution in [2.75, 3.05) is 20.6 Å². The van der Waals surface area contributed by atoms with Gasteiger partial charge in [0.2, 0.25) is 5.91 Å². The van der Waals surface area contributed by atoms with Crippen LogP contribution in [0.5, 0.6) is 0 Å². The molecule has 0 bridgehead atoms. The van der Waals surface area contributed by atoms with Gasteiger partial charge in [0, 0.05) is 52.8 Å². The average molecular weight is 314 g/mol. The van der Waals surface area contributed by atoms with Gasteiger partial charge in [-0.3, -0.25) is 19.7 Å². The van der Waals surface area contributed by atoms with Gasteiger partial charge in [-0.15, -0.1) is 0 Å². The molecule has 0 aromatic carbocycles. The summed E-state index contributed by atoms with van der Waals surface area (Å²) in [4.78, 5) is 29.8. The number of carbonyl (C=O) groups is 1. The molecule has 1 fully saturated rings. The normalized spacial score (nSPS) is 21.5. The molecule has 1 aliphatic rings. The summed E-state index contributed by atoms with van der Waals surface area (Å²) < 4.78 is 1.99. The minimum Gasteiger partial charge on any atom is -0.347 e. The number of likely N-dealkylation sites (N-methyl/N-ethyl adjacent to an activating group) is 1. The molecule has 122 valence electrons. The zero-order chi connectivity index (χ0) is 16.4. The second kappa shape index (κ2) is 6.08. The van der Waals surface area contributed by atoms with Crippen LogP contribution in [0.15, 0.2) is 31.1 Å². The van der Waals surface area contributed by atoms with E-state index in [0.717, 1.165) is 30.8 Å². The molecule has 0 N–H and O–H groups in total. The van der Waals surface area contributed by atoms with Crippen molar-refractivity contribution in [2.24, 2.45) is 7.05 Å². The summed E-state index contributed by atoms with van der Waals surface area (Å²) in [6.45, 7) is 1.51. The third kappa shape index (κ3) is 2.61. The number of likely N-dealkylation sites (tertiary alicyclic amines) is 1. The van der Waals surface area contributed by atoms with Crippen molar-refractivity contribution in [1.29, 1.82) is 0 Å². The van der Waals surface area contributed by atoms with Crippen LogP contribution in [0.25, 0.3) is 0 Å². The number of rotatable bonds is 4. The van der Waals surface area contributed by atoms with Crippen molar-refractivity contribution in [3.05, 3.63) is 42.5 Å². The molecular formula is C16H22N6O. The number of nitrogens with zero attached hydrogens (tertiary/aromatic N) is 6. The van der Waals surface area contributed by atoms with Crippen LogP contribution in [0.1, 0.15) is 24.2 Å². The Balaban J connectivity index is 2.03. The first-order valence-electron chi connectivity index (χ1n) is 7.74. The average Bonchev–Trinajstić information content (AvgIpc) is 3.15. The number of aromatic nitrogens is 4. The van der Waals surface area contributed by atoms with Crippen molar-refractivity contribution < 1.29 is 4.79 Å². The maximum Gasteiger partial charge on any atom is 0.248 e. The lowest BCUT2D eigenvalue weighted by Crippen LogP contribution is -2.53.